The van der Waals surface area contributed by atoms with Gasteiger partial charge in [0.05, 0.1) is 0 Å². The molecule has 0 unspecified atom stereocenters. The Morgan fingerprint density at radius 3 is 2.65 bits per heavy atom. The maximum Gasteiger partial charge on any atom is 0.407 e. The number of ether oxygens (including phenoxy) is 1. The molecule has 3 aromatic rings. The van der Waals surface area contributed by atoms with Crippen molar-refractivity contribution in [3.8, 4) is 0 Å². The van der Waals surface area contributed by atoms with Gasteiger partial charge in [0.2, 0.25) is 0 Å². The number of carbonyl (C=O) groups is 1. The van der Waals surface area contributed by atoms with E-state index in [4.69, 9.17) is 4.74 Å². The molecule has 26 heavy (non-hydrogen) atoms. The minimum atomic E-state index is -0.488. The first-order chi connectivity index (χ1) is 12.5. The summed E-state index contributed by atoms with van der Waals surface area (Å²) in [5, 5.41) is 3.71. The van der Waals surface area contributed by atoms with Gasteiger partial charge in [0.25, 0.3) is 5.56 Å². The zero-order valence-corrected chi connectivity index (χ0v) is 15.0. The molecule has 3 rings (SSSR count). The lowest BCUT2D eigenvalue weighted by Gasteiger charge is -2.09. The molecule has 0 fully saturated rings. The van der Waals surface area contributed by atoms with Gasteiger partial charge in [-0.3, -0.25) is 4.79 Å². The summed E-state index contributed by atoms with van der Waals surface area (Å²) in [4.78, 5) is 26.9. The lowest BCUT2D eigenvalue weighted by molar-refractivity contribution is 0.140. The number of amides is 1. The Morgan fingerprint density at radius 1 is 1.12 bits per heavy atom. The number of carbonyl (C=O) groups excluding carboxylic acids is 1. The van der Waals surface area contributed by atoms with E-state index in [0.717, 1.165) is 27.6 Å². The number of aryl methyl sites for hydroxylation is 2. The number of nitrogens with one attached hydrogen (secondary N) is 2. The summed E-state index contributed by atoms with van der Waals surface area (Å²) in [6.45, 7) is 4.59. The molecular formula is C21H22N2O3. The second-order valence-corrected chi connectivity index (χ2v) is 6.41. The van der Waals surface area contributed by atoms with Crippen LogP contribution in [-0.4, -0.2) is 17.6 Å². The van der Waals surface area contributed by atoms with E-state index in [0.29, 0.717) is 18.5 Å². The van der Waals surface area contributed by atoms with Gasteiger partial charge in [0.15, 0.2) is 0 Å². The third-order valence-corrected chi connectivity index (χ3v) is 4.27. The number of pyridine rings is 1. The topological polar surface area (TPSA) is 71.2 Å². The van der Waals surface area contributed by atoms with Crippen LogP contribution < -0.4 is 10.9 Å². The van der Waals surface area contributed by atoms with Gasteiger partial charge in [-0.15, -0.1) is 0 Å². The second-order valence-electron chi connectivity index (χ2n) is 6.41. The van der Waals surface area contributed by atoms with Crippen molar-refractivity contribution in [2.24, 2.45) is 0 Å². The predicted octanol–water partition coefficient (Wildman–Crippen LogP) is 3.61. The molecule has 0 saturated heterocycles. The quantitative estimate of drug-likeness (QED) is 0.738. The number of hydrogen-bond acceptors (Lipinski definition) is 3. The van der Waals surface area contributed by atoms with Crippen LogP contribution in [0.5, 0.6) is 0 Å². The minimum Gasteiger partial charge on any atom is -0.445 e. The number of hydrogen-bond donors (Lipinski definition) is 2. The lowest BCUT2D eigenvalue weighted by atomic mass is 10.0. The van der Waals surface area contributed by atoms with E-state index in [-0.39, 0.29) is 12.2 Å². The highest BCUT2D eigenvalue weighted by molar-refractivity contribution is 5.83. The van der Waals surface area contributed by atoms with E-state index < -0.39 is 6.09 Å². The number of alkyl carbamates (subject to hydrolysis) is 1. The number of aromatic amines is 1. The molecule has 0 saturated carbocycles. The van der Waals surface area contributed by atoms with Crippen molar-refractivity contribution >= 4 is 17.0 Å². The van der Waals surface area contributed by atoms with Crippen molar-refractivity contribution in [3.63, 3.8) is 0 Å². The van der Waals surface area contributed by atoms with E-state index >= 15 is 0 Å². The van der Waals surface area contributed by atoms with Gasteiger partial charge >= 0.3 is 6.09 Å². The number of aromatic nitrogens is 1. The van der Waals surface area contributed by atoms with Crippen LogP contribution in [0.4, 0.5) is 4.79 Å². The van der Waals surface area contributed by atoms with E-state index in [9.17, 15) is 9.59 Å². The smallest absolute Gasteiger partial charge is 0.407 e. The Bertz CT molecular complexity index is 978. The molecule has 0 aliphatic heterocycles. The normalized spacial score (nSPS) is 10.7. The maximum absolute atomic E-state index is 12.2. The summed E-state index contributed by atoms with van der Waals surface area (Å²) >= 11 is 0. The predicted molar refractivity (Wildman–Crippen MR) is 102 cm³/mol. The van der Waals surface area contributed by atoms with Crippen LogP contribution in [0.15, 0.2) is 53.3 Å². The van der Waals surface area contributed by atoms with Crippen molar-refractivity contribution in [2.75, 3.05) is 6.54 Å². The molecule has 0 aliphatic carbocycles. The fourth-order valence-electron chi connectivity index (χ4n) is 2.98. The molecule has 1 aromatic heterocycles. The van der Waals surface area contributed by atoms with Gasteiger partial charge in [0.1, 0.15) is 6.61 Å². The van der Waals surface area contributed by atoms with Gasteiger partial charge in [-0.05, 0) is 49.1 Å². The average molecular weight is 350 g/mol. The molecular weight excluding hydrogens is 328 g/mol. The highest BCUT2D eigenvalue weighted by Gasteiger charge is 2.07. The molecule has 0 aliphatic rings. The average Bonchev–Trinajstić information content (AvgIpc) is 2.61. The maximum atomic E-state index is 12.2. The SMILES string of the molecule is Cc1cc(C)c2cc(CCNC(=O)OCc3ccccc3)c(=O)[nH]c2c1. The molecule has 1 heterocycles. The van der Waals surface area contributed by atoms with Gasteiger partial charge in [-0.25, -0.2) is 4.79 Å². The number of benzene rings is 2. The molecule has 1 amide bonds. The van der Waals surface area contributed by atoms with Gasteiger partial charge in [-0.2, -0.15) is 0 Å². The second kappa shape index (κ2) is 7.87. The largest absolute Gasteiger partial charge is 0.445 e. The van der Waals surface area contributed by atoms with Crippen LogP contribution in [0, 0.1) is 13.8 Å². The first kappa shape index (κ1) is 17.7. The Labute approximate surface area is 152 Å². The molecule has 0 bridgehead atoms. The van der Waals surface area contributed by atoms with E-state index in [1.165, 1.54) is 0 Å². The van der Waals surface area contributed by atoms with E-state index in [1.54, 1.807) is 0 Å². The van der Waals surface area contributed by atoms with Crippen LogP contribution in [0.25, 0.3) is 10.9 Å². The third-order valence-electron chi connectivity index (χ3n) is 4.27. The Kier molecular flexibility index (Phi) is 5.37. The van der Waals surface area contributed by atoms with Crippen LogP contribution in [0.1, 0.15) is 22.3 Å². The zero-order chi connectivity index (χ0) is 18.5. The Balaban J connectivity index is 1.58. The van der Waals surface area contributed by atoms with Crippen molar-refractivity contribution < 1.29 is 9.53 Å². The standard InChI is InChI=1S/C21H22N2O3/c1-14-10-15(2)18-12-17(20(24)23-19(18)11-14)8-9-22-21(25)26-13-16-6-4-3-5-7-16/h3-7,10-12H,8-9,13H2,1-2H3,(H,22,25)(H,23,24). The summed E-state index contributed by atoms with van der Waals surface area (Å²) < 4.78 is 5.16. The molecule has 5 heteroatoms. The molecule has 2 N–H and O–H groups in total. The monoisotopic (exact) mass is 350 g/mol. The van der Waals surface area contributed by atoms with Crippen LogP contribution in [0.2, 0.25) is 0 Å². The Morgan fingerprint density at radius 2 is 1.88 bits per heavy atom. The van der Waals surface area contributed by atoms with Crippen molar-refractivity contribution in [1.29, 1.82) is 0 Å². The van der Waals surface area contributed by atoms with Gasteiger partial charge < -0.3 is 15.0 Å². The molecule has 0 atom stereocenters. The van der Waals surface area contributed by atoms with Gasteiger partial charge in [0, 0.05) is 23.0 Å². The van der Waals surface area contributed by atoms with E-state index in [1.807, 2.05) is 56.3 Å². The highest BCUT2D eigenvalue weighted by atomic mass is 16.5. The Hall–Kier alpha value is -3.08. The van der Waals surface area contributed by atoms with E-state index in [2.05, 4.69) is 16.4 Å². The lowest BCUT2D eigenvalue weighted by Crippen LogP contribution is -2.28. The molecule has 0 radical (unpaired) electrons. The number of fused-ring (bicyclic) bond motifs is 1. The summed E-state index contributed by atoms with van der Waals surface area (Å²) in [7, 11) is 0. The van der Waals surface area contributed by atoms with Crippen LogP contribution >= 0.6 is 0 Å². The minimum absolute atomic E-state index is 0.123. The molecule has 134 valence electrons. The summed E-state index contributed by atoms with van der Waals surface area (Å²) in [5.74, 6) is 0. The third kappa shape index (κ3) is 4.30. The first-order valence-corrected chi connectivity index (χ1v) is 8.60. The number of H-pyrrole nitrogens is 1. The fourth-order valence-corrected chi connectivity index (χ4v) is 2.98. The summed E-state index contributed by atoms with van der Waals surface area (Å²) in [5.41, 5.74) is 4.52. The van der Waals surface area contributed by atoms with Crippen molar-refractivity contribution in [3.05, 3.63) is 81.1 Å². The van der Waals surface area contributed by atoms with Crippen LogP contribution in [0.3, 0.4) is 0 Å². The fraction of sp³-hybridized carbons (Fsp3) is 0.238. The number of rotatable bonds is 5. The summed E-state index contributed by atoms with van der Waals surface area (Å²) in [6.07, 6.45) is -0.0446. The summed E-state index contributed by atoms with van der Waals surface area (Å²) in [6, 6.07) is 15.4. The highest BCUT2D eigenvalue weighted by Crippen LogP contribution is 2.18. The van der Waals surface area contributed by atoms with Crippen molar-refractivity contribution in [2.45, 2.75) is 26.9 Å². The van der Waals surface area contributed by atoms with Crippen molar-refractivity contribution in [1.82, 2.24) is 10.3 Å². The van der Waals surface area contributed by atoms with Crippen LogP contribution in [-0.2, 0) is 17.8 Å². The first-order valence-electron chi connectivity index (χ1n) is 8.60. The van der Waals surface area contributed by atoms with Gasteiger partial charge in [-0.1, -0.05) is 36.4 Å². The molecule has 2 aromatic carbocycles. The zero-order valence-electron chi connectivity index (χ0n) is 15.0. The molecule has 5 nitrogen and oxygen atoms in total. The molecule has 0 spiro atoms.